The number of ether oxygens (including phenoxy) is 1. The summed E-state index contributed by atoms with van der Waals surface area (Å²) in [7, 11) is 1.38. The largest absolute Gasteiger partial charge is 0.504 e. The van der Waals surface area contributed by atoms with Crippen molar-refractivity contribution in [2.75, 3.05) is 7.11 Å². The van der Waals surface area contributed by atoms with Crippen molar-refractivity contribution in [1.82, 2.24) is 0 Å². The van der Waals surface area contributed by atoms with Gasteiger partial charge in [-0.1, -0.05) is 0 Å². The highest BCUT2D eigenvalue weighted by atomic mass is 16.5. The number of phenols is 1. The van der Waals surface area contributed by atoms with Crippen LogP contribution in [0, 0.1) is 0 Å². The van der Waals surface area contributed by atoms with Crippen LogP contribution in [0.2, 0.25) is 0 Å². The standard InChI is InChI=1S/C11H12O4/c1-7(13)5-9-8(6-12)3-4-10(14)11(9)15-2/h3-4,6,14H,5H2,1-2H3. The minimum absolute atomic E-state index is 0.0700. The molecule has 4 heteroatoms. The SMILES string of the molecule is COc1c(O)ccc(C=O)c1CC(C)=O. The quantitative estimate of drug-likeness (QED) is 0.758. The van der Waals surface area contributed by atoms with E-state index >= 15 is 0 Å². The highest BCUT2D eigenvalue weighted by molar-refractivity contribution is 5.86. The average Bonchev–Trinajstić information content (AvgIpc) is 2.18. The molecule has 0 aliphatic carbocycles. The molecular weight excluding hydrogens is 196 g/mol. The molecule has 0 bridgehead atoms. The average molecular weight is 208 g/mol. The molecule has 1 rings (SSSR count). The van der Waals surface area contributed by atoms with E-state index in [1.807, 2.05) is 0 Å². The van der Waals surface area contributed by atoms with E-state index in [2.05, 4.69) is 0 Å². The number of hydrogen-bond acceptors (Lipinski definition) is 4. The first-order chi connectivity index (χ1) is 7.10. The van der Waals surface area contributed by atoms with Gasteiger partial charge in [0.25, 0.3) is 0 Å². The lowest BCUT2D eigenvalue weighted by atomic mass is 10.0. The Bertz CT molecular complexity index is 396. The molecule has 0 unspecified atom stereocenters. The molecule has 0 radical (unpaired) electrons. The van der Waals surface area contributed by atoms with Crippen molar-refractivity contribution in [3.05, 3.63) is 23.3 Å². The summed E-state index contributed by atoms with van der Waals surface area (Å²) in [5.74, 6) is 0.0242. The minimum Gasteiger partial charge on any atom is -0.504 e. The molecule has 0 heterocycles. The second kappa shape index (κ2) is 4.59. The molecule has 1 aromatic carbocycles. The van der Waals surface area contributed by atoms with E-state index in [0.29, 0.717) is 17.4 Å². The van der Waals surface area contributed by atoms with Crippen LogP contribution in [0.1, 0.15) is 22.8 Å². The number of phenolic OH excluding ortho intramolecular Hbond substituents is 1. The van der Waals surface area contributed by atoms with Gasteiger partial charge in [-0.15, -0.1) is 0 Å². The van der Waals surface area contributed by atoms with Crippen molar-refractivity contribution in [1.29, 1.82) is 0 Å². The number of ketones is 1. The summed E-state index contributed by atoms with van der Waals surface area (Å²) >= 11 is 0. The first kappa shape index (κ1) is 11.2. The molecule has 0 saturated heterocycles. The fourth-order valence-corrected chi connectivity index (χ4v) is 1.40. The zero-order valence-electron chi connectivity index (χ0n) is 8.61. The molecule has 0 aromatic heterocycles. The number of aldehydes is 1. The number of Topliss-reactive ketones (excluding diaryl/α,β-unsaturated/α-hetero) is 1. The zero-order valence-corrected chi connectivity index (χ0v) is 8.61. The normalized spacial score (nSPS) is 9.73. The maximum absolute atomic E-state index is 11.0. The lowest BCUT2D eigenvalue weighted by Gasteiger charge is -2.10. The number of rotatable bonds is 4. The number of hydrogen-bond donors (Lipinski definition) is 1. The van der Waals surface area contributed by atoms with Crippen molar-refractivity contribution in [2.45, 2.75) is 13.3 Å². The van der Waals surface area contributed by atoms with Crippen molar-refractivity contribution in [3.63, 3.8) is 0 Å². The van der Waals surface area contributed by atoms with Crippen LogP contribution in [-0.2, 0) is 11.2 Å². The number of carbonyl (C=O) groups is 2. The summed E-state index contributed by atoms with van der Waals surface area (Å²) in [5, 5.41) is 9.47. The fourth-order valence-electron chi connectivity index (χ4n) is 1.40. The monoisotopic (exact) mass is 208 g/mol. The van der Waals surface area contributed by atoms with Gasteiger partial charge in [-0.05, 0) is 19.1 Å². The van der Waals surface area contributed by atoms with Crippen LogP contribution in [-0.4, -0.2) is 24.3 Å². The van der Waals surface area contributed by atoms with Crippen LogP contribution in [0.15, 0.2) is 12.1 Å². The predicted octanol–water partition coefficient (Wildman–Crippen LogP) is 1.34. The van der Waals surface area contributed by atoms with Crippen LogP contribution in [0.5, 0.6) is 11.5 Å². The predicted molar refractivity (Wildman–Crippen MR) is 54.4 cm³/mol. The van der Waals surface area contributed by atoms with Gasteiger partial charge in [0.1, 0.15) is 12.1 Å². The van der Waals surface area contributed by atoms with Gasteiger partial charge in [0.15, 0.2) is 11.5 Å². The van der Waals surface area contributed by atoms with E-state index < -0.39 is 0 Å². The Labute approximate surface area is 87.5 Å². The molecule has 80 valence electrons. The number of carbonyl (C=O) groups excluding carboxylic acids is 2. The summed E-state index contributed by atoms with van der Waals surface area (Å²) < 4.78 is 4.96. The van der Waals surface area contributed by atoms with Crippen LogP contribution in [0.3, 0.4) is 0 Å². The van der Waals surface area contributed by atoms with Crippen LogP contribution >= 0.6 is 0 Å². The molecule has 0 amide bonds. The van der Waals surface area contributed by atoms with Crippen molar-refractivity contribution in [3.8, 4) is 11.5 Å². The Hall–Kier alpha value is -1.84. The highest BCUT2D eigenvalue weighted by Gasteiger charge is 2.14. The molecule has 0 fully saturated rings. The maximum atomic E-state index is 11.0. The Morgan fingerprint density at radius 2 is 2.20 bits per heavy atom. The van der Waals surface area contributed by atoms with Gasteiger partial charge in [0, 0.05) is 17.5 Å². The van der Waals surface area contributed by atoms with Gasteiger partial charge in [-0.25, -0.2) is 0 Å². The third-order valence-corrected chi connectivity index (χ3v) is 2.03. The lowest BCUT2D eigenvalue weighted by molar-refractivity contribution is -0.116. The molecule has 1 aromatic rings. The third-order valence-electron chi connectivity index (χ3n) is 2.03. The molecule has 1 N–H and O–H groups in total. The highest BCUT2D eigenvalue weighted by Crippen LogP contribution is 2.32. The Balaban J connectivity index is 3.33. The van der Waals surface area contributed by atoms with E-state index in [1.165, 1.54) is 26.2 Å². The summed E-state index contributed by atoms with van der Waals surface area (Å²) in [4.78, 5) is 21.7. The topological polar surface area (TPSA) is 63.6 Å². The maximum Gasteiger partial charge on any atom is 0.164 e. The van der Waals surface area contributed by atoms with Gasteiger partial charge in [0.05, 0.1) is 7.11 Å². The number of aromatic hydroxyl groups is 1. The first-order valence-corrected chi connectivity index (χ1v) is 4.43. The Morgan fingerprint density at radius 3 is 2.67 bits per heavy atom. The summed E-state index contributed by atoms with van der Waals surface area (Å²) in [6, 6.07) is 2.83. The molecule has 0 saturated carbocycles. The van der Waals surface area contributed by atoms with Gasteiger partial charge < -0.3 is 9.84 Å². The van der Waals surface area contributed by atoms with Crippen LogP contribution in [0.4, 0.5) is 0 Å². The van der Waals surface area contributed by atoms with E-state index in [4.69, 9.17) is 4.74 Å². The molecular formula is C11H12O4. The first-order valence-electron chi connectivity index (χ1n) is 4.43. The van der Waals surface area contributed by atoms with Crippen molar-refractivity contribution in [2.24, 2.45) is 0 Å². The van der Waals surface area contributed by atoms with Crippen molar-refractivity contribution < 1.29 is 19.4 Å². The van der Waals surface area contributed by atoms with E-state index in [-0.39, 0.29) is 23.7 Å². The second-order valence-electron chi connectivity index (χ2n) is 3.18. The van der Waals surface area contributed by atoms with Crippen LogP contribution < -0.4 is 4.74 Å². The van der Waals surface area contributed by atoms with Gasteiger partial charge in [-0.3, -0.25) is 9.59 Å². The van der Waals surface area contributed by atoms with E-state index in [1.54, 1.807) is 0 Å². The minimum atomic E-state index is -0.0954. The third kappa shape index (κ3) is 2.34. The lowest BCUT2D eigenvalue weighted by Crippen LogP contribution is -2.03. The second-order valence-corrected chi connectivity index (χ2v) is 3.18. The Kier molecular flexibility index (Phi) is 3.44. The zero-order chi connectivity index (χ0) is 11.4. The Morgan fingerprint density at radius 1 is 1.53 bits per heavy atom. The van der Waals surface area contributed by atoms with Gasteiger partial charge in [-0.2, -0.15) is 0 Å². The smallest absolute Gasteiger partial charge is 0.164 e. The molecule has 0 aliphatic rings. The summed E-state index contributed by atoms with van der Waals surface area (Å²) in [6.45, 7) is 1.41. The number of benzene rings is 1. The van der Waals surface area contributed by atoms with E-state index in [9.17, 15) is 14.7 Å². The fraction of sp³-hybridized carbons (Fsp3) is 0.273. The van der Waals surface area contributed by atoms with Crippen molar-refractivity contribution >= 4 is 12.1 Å². The molecule has 15 heavy (non-hydrogen) atoms. The van der Waals surface area contributed by atoms with E-state index in [0.717, 1.165) is 0 Å². The number of methoxy groups -OCH3 is 1. The summed E-state index contributed by atoms with van der Waals surface area (Å²) in [5.41, 5.74) is 0.792. The molecule has 0 spiro atoms. The van der Waals surface area contributed by atoms with Gasteiger partial charge >= 0.3 is 0 Å². The summed E-state index contributed by atoms with van der Waals surface area (Å²) in [6.07, 6.45) is 0.714. The van der Waals surface area contributed by atoms with Gasteiger partial charge in [0.2, 0.25) is 0 Å². The molecule has 0 atom stereocenters. The molecule has 0 aliphatic heterocycles. The molecule has 4 nitrogen and oxygen atoms in total. The van der Waals surface area contributed by atoms with Crippen LogP contribution in [0.25, 0.3) is 0 Å².